The third-order valence-electron chi connectivity index (χ3n) is 4.84. The van der Waals surface area contributed by atoms with Crippen molar-refractivity contribution in [3.8, 4) is 11.1 Å². The smallest absolute Gasteiger partial charge is 0.270 e. The van der Waals surface area contributed by atoms with Crippen LogP contribution in [0, 0.1) is 10.1 Å². The summed E-state index contributed by atoms with van der Waals surface area (Å²) in [6.07, 6.45) is 0. The number of nitro benzene ring substituents is 1. The van der Waals surface area contributed by atoms with E-state index in [0.29, 0.717) is 6.54 Å². The maximum absolute atomic E-state index is 11.2. The van der Waals surface area contributed by atoms with Crippen molar-refractivity contribution < 1.29 is 10.0 Å². The van der Waals surface area contributed by atoms with Gasteiger partial charge in [-0.15, -0.1) is 11.3 Å². The molecule has 0 bridgehead atoms. The van der Waals surface area contributed by atoms with Crippen LogP contribution in [0.5, 0.6) is 0 Å². The Kier molecular flexibility index (Phi) is 5.40. The molecule has 1 saturated heterocycles. The minimum Gasteiger partial charge on any atom is -0.395 e. The number of aliphatic hydroxyl groups is 1. The van der Waals surface area contributed by atoms with E-state index < -0.39 is 4.92 Å². The molecule has 0 saturated carbocycles. The first kappa shape index (κ1) is 19.0. The molecule has 3 aromatic rings. The van der Waals surface area contributed by atoms with E-state index in [2.05, 4.69) is 19.8 Å². The van der Waals surface area contributed by atoms with Crippen LogP contribution in [0.4, 0.5) is 11.5 Å². The van der Waals surface area contributed by atoms with Gasteiger partial charge in [-0.1, -0.05) is 12.1 Å². The molecular formula is C18H18ClN5O3S. The summed E-state index contributed by atoms with van der Waals surface area (Å²) in [6, 6.07) is 6.58. The molecule has 146 valence electrons. The van der Waals surface area contributed by atoms with Crippen LogP contribution in [0.3, 0.4) is 0 Å². The highest BCUT2D eigenvalue weighted by Crippen LogP contribution is 2.39. The SMILES string of the molecule is O=[N+]([O-])c1cccc(-c2csc3nc(Cl)nc(N4CCN(CCO)CC4)c23)c1. The standard InChI is InChI=1S/C18H18ClN5O3S/c19-18-20-16(23-6-4-22(5-7-23)8-9-25)15-14(11-28-17(15)21-18)12-2-1-3-13(10-12)24(26)27/h1-3,10-11,25H,4-9H2. The van der Waals surface area contributed by atoms with Crippen molar-refractivity contribution in [1.29, 1.82) is 0 Å². The van der Waals surface area contributed by atoms with Crippen molar-refractivity contribution in [3.63, 3.8) is 0 Å². The number of hydrogen-bond acceptors (Lipinski definition) is 8. The van der Waals surface area contributed by atoms with Crippen LogP contribution in [0.1, 0.15) is 0 Å². The van der Waals surface area contributed by atoms with Crippen molar-refractivity contribution in [2.45, 2.75) is 0 Å². The number of aliphatic hydroxyl groups excluding tert-OH is 1. The molecule has 1 aliphatic heterocycles. The Morgan fingerprint density at radius 1 is 1.25 bits per heavy atom. The third-order valence-corrected chi connectivity index (χ3v) is 5.88. The van der Waals surface area contributed by atoms with Gasteiger partial charge in [0.05, 0.1) is 16.9 Å². The zero-order valence-corrected chi connectivity index (χ0v) is 16.5. The molecule has 28 heavy (non-hydrogen) atoms. The molecular weight excluding hydrogens is 402 g/mol. The Balaban J connectivity index is 1.76. The number of aromatic nitrogens is 2. The van der Waals surface area contributed by atoms with Crippen molar-refractivity contribution in [2.24, 2.45) is 0 Å². The summed E-state index contributed by atoms with van der Waals surface area (Å²) in [5.74, 6) is 0.751. The van der Waals surface area contributed by atoms with Crippen LogP contribution in [0.2, 0.25) is 5.28 Å². The number of nitro groups is 1. The number of benzene rings is 1. The van der Waals surface area contributed by atoms with Gasteiger partial charge in [0, 0.05) is 55.8 Å². The Hall–Kier alpha value is -2.33. The number of anilines is 1. The quantitative estimate of drug-likeness (QED) is 0.385. The molecule has 0 aliphatic carbocycles. The summed E-state index contributed by atoms with van der Waals surface area (Å²) >= 11 is 7.62. The van der Waals surface area contributed by atoms with Crippen molar-refractivity contribution in [1.82, 2.24) is 14.9 Å². The van der Waals surface area contributed by atoms with E-state index in [9.17, 15) is 10.1 Å². The highest BCUT2D eigenvalue weighted by molar-refractivity contribution is 7.17. The molecule has 1 aliphatic rings. The zero-order valence-electron chi connectivity index (χ0n) is 14.9. The Morgan fingerprint density at radius 3 is 2.75 bits per heavy atom. The van der Waals surface area contributed by atoms with E-state index in [1.807, 2.05) is 11.4 Å². The van der Waals surface area contributed by atoms with Gasteiger partial charge in [0.25, 0.3) is 5.69 Å². The second-order valence-electron chi connectivity index (χ2n) is 6.51. The second kappa shape index (κ2) is 7.96. The maximum atomic E-state index is 11.2. The summed E-state index contributed by atoms with van der Waals surface area (Å²) in [6.45, 7) is 3.95. The van der Waals surface area contributed by atoms with Gasteiger partial charge in [-0.05, 0) is 17.2 Å². The highest BCUT2D eigenvalue weighted by atomic mass is 35.5. The molecule has 3 heterocycles. The van der Waals surface area contributed by atoms with E-state index in [1.54, 1.807) is 12.1 Å². The predicted molar refractivity (Wildman–Crippen MR) is 110 cm³/mol. The van der Waals surface area contributed by atoms with Crippen LogP contribution in [0.15, 0.2) is 29.6 Å². The summed E-state index contributed by atoms with van der Waals surface area (Å²) in [5.41, 5.74) is 1.67. The number of piperazine rings is 1. The maximum Gasteiger partial charge on any atom is 0.270 e. The number of halogens is 1. The lowest BCUT2D eigenvalue weighted by Crippen LogP contribution is -2.47. The largest absolute Gasteiger partial charge is 0.395 e. The van der Waals surface area contributed by atoms with Gasteiger partial charge in [-0.3, -0.25) is 15.0 Å². The molecule has 10 heteroatoms. The fourth-order valence-corrected chi connectivity index (χ4v) is 4.61. The Labute approximate surface area is 170 Å². The second-order valence-corrected chi connectivity index (χ2v) is 7.70. The Morgan fingerprint density at radius 2 is 2.04 bits per heavy atom. The van der Waals surface area contributed by atoms with E-state index in [1.165, 1.54) is 17.4 Å². The Bertz CT molecular complexity index is 1020. The lowest BCUT2D eigenvalue weighted by atomic mass is 10.0. The fraction of sp³-hybridized carbons (Fsp3) is 0.333. The topological polar surface area (TPSA) is 95.6 Å². The van der Waals surface area contributed by atoms with E-state index in [4.69, 9.17) is 16.7 Å². The van der Waals surface area contributed by atoms with Gasteiger partial charge in [-0.2, -0.15) is 4.98 Å². The molecule has 0 unspecified atom stereocenters. The lowest BCUT2D eigenvalue weighted by molar-refractivity contribution is -0.384. The summed E-state index contributed by atoms with van der Waals surface area (Å²) < 4.78 is 0. The van der Waals surface area contributed by atoms with Gasteiger partial charge >= 0.3 is 0 Å². The summed E-state index contributed by atoms with van der Waals surface area (Å²) in [4.78, 5) is 24.7. The number of non-ortho nitro benzene ring substituents is 1. The molecule has 4 rings (SSSR count). The van der Waals surface area contributed by atoms with Gasteiger partial charge in [0.2, 0.25) is 5.28 Å². The lowest BCUT2D eigenvalue weighted by Gasteiger charge is -2.35. The van der Waals surface area contributed by atoms with E-state index >= 15 is 0 Å². The van der Waals surface area contributed by atoms with Crippen LogP contribution < -0.4 is 4.90 Å². The molecule has 0 radical (unpaired) electrons. The first-order valence-electron chi connectivity index (χ1n) is 8.84. The van der Waals surface area contributed by atoms with Crippen LogP contribution in [0.25, 0.3) is 21.3 Å². The normalized spacial score (nSPS) is 15.3. The molecule has 0 spiro atoms. The number of thiophene rings is 1. The molecule has 1 fully saturated rings. The first-order chi connectivity index (χ1) is 13.6. The molecule has 2 aromatic heterocycles. The monoisotopic (exact) mass is 419 g/mol. The number of β-amino-alcohol motifs (C(OH)–C–C–N with tert-alkyl or cyclic N) is 1. The average Bonchev–Trinajstić information content (AvgIpc) is 3.12. The summed E-state index contributed by atoms with van der Waals surface area (Å²) in [5, 5.41) is 23.3. The number of fused-ring (bicyclic) bond motifs is 1. The average molecular weight is 420 g/mol. The van der Waals surface area contributed by atoms with Crippen molar-refractivity contribution in [3.05, 3.63) is 45.0 Å². The zero-order chi connectivity index (χ0) is 19.7. The fourth-order valence-electron chi connectivity index (χ4n) is 3.45. The minimum absolute atomic E-state index is 0.0471. The molecule has 0 amide bonds. The third kappa shape index (κ3) is 3.66. The molecule has 1 N–H and O–H groups in total. The van der Waals surface area contributed by atoms with Crippen molar-refractivity contribution in [2.75, 3.05) is 44.2 Å². The van der Waals surface area contributed by atoms with Gasteiger partial charge in [0.1, 0.15) is 10.6 Å². The number of hydrogen-bond donors (Lipinski definition) is 1. The van der Waals surface area contributed by atoms with Crippen molar-refractivity contribution >= 4 is 44.7 Å². The van der Waals surface area contributed by atoms with Gasteiger partial charge < -0.3 is 10.0 Å². The molecule has 0 atom stereocenters. The van der Waals surface area contributed by atoms with Crippen LogP contribution >= 0.6 is 22.9 Å². The van der Waals surface area contributed by atoms with Gasteiger partial charge in [0.15, 0.2) is 0 Å². The van der Waals surface area contributed by atoms with E-state index in [-0.39, 0.29) is 17.6 Å². The molecule has 8 nitrogen and oxygen atoms in total. The number of rotatable bonds is 5. The molecule has 1 aromatic carbocycles. The van der Waals surface area contributed by atoms with Crippen LogP contribution in [-0.4, -0.2) is 64.2 Å². The van der Waals surface area contributed by atoms with E-state index in [0.717, 1.165) is 53.3 Å². The van der Waals surface area contributed by atoms with Crippen LogP contribution in [-0.2, 0) is 0 Å². The predicted octanol–water partition coefficient (Wildman–Crippen LogP) is 3.03. The highest BCUT2D eigenvalue weighted by Gasteiger charge is 2.23. The van der Waals surface area contributed by atoms with Gasteiger partial charge in [-0.25, -0.2) is 4.98 Å². The summed E-state index contributed by atoms with van der Waals surface area (Å²) in [7, 11) is 0. The first-order valence-corrected chi connectivity index (χ1v) is 10.1. The number of nitrogens with zero attached hydrogens (tertiary/aromatic N) is 5. The minimum atomic E-state index is -0.396.